The predicted octanol–water partition coefficient (Wildman–Crippen LogP) is 1.86. The van der Waals surface area contributed by atoms with Gasteiger partial charge in [-0.25, -0.2) is 4.98 Å². The van der Waals surface area contributed by atoms with E-state index in [0.717, 1.165) is 12.1 Å². The fraction of sp³-hybridized carbons (Fsp3) is 0.571. The average molecular weight is 312 g/mol. The first-order valence-corrected chi connectivity index (χ1v) is 7.35. The van der Waals surface area contributed by atoms with E-state index in [4.69, 9.17) is 9.59 Å². The van der Waals surface area contributed by atoms with E-state index >= 15 is 0 Å². The number of aromatic nitrogens is 1. The summed E-state index contributed by atoms with van der Waals surface area (Å²) in [5, 5.41) is 4.91. The van der Waals surface area contributed by atoms with E-state index in [1.165, 1.54) is 11.3 Å². The number of ketones is 1. The number of nitrogens with zero attached hydrogens (tertiary/aromatic N) is 1. The van der Waals surface area contributed by atoms with Gasteiger partial charge >= 0.3 is 6.15 Å². The third-order valence-electron chi connectivity index (χ3n) is 2.28. The summed E-state index contributed by atoms with van der Waals surface area (Å²) in [6.45, 7) is 8.07. The Morgan fingerprint density at radius 3 is 2.33 bits per heavy atom. The number of thiazole rings is 1. The van der Waals surface area contributed by atoms with Crippen molar-refractivity contribution in [3.63, 3.8) is 0 Å². The summed E-state index contributed by atoms with van der Waals surface area (Å²) in [6.07, 6.45) is 1.53. The Hall–Kier alpha value is -1.85. The van der Waals surface area contributed by atoms with Gasteiger partial charge in [-0.1, -0.05) is 27.7 Å². The van der Waals surface area contributed by atoms with Crippen LogP contribution >= 0.6 is 11.3 Å². The smallest absolute Gasteiger partial charge is 0.343 e. The molecule has 6 nitrogen and oxygen atoms in total. The molecule has 1 aromatic rings. The maximum Gasteiger partial charge on any atom is 0.373 e. The minimum Gasteiger partial charge on any atom is -0.343 e. The van der Waals surface area contributed by atoms with Crippen molar-refractivity contribution in [2.75, 3.05) is 6.54 Å². The molecule has 0 atom stereocenters. The standard InChI is InChI=1S/C13H20N2O2S.CO2/c1-5-9-8-18-12(15-9)11(17)14-7-10(16)6-13(2,3)4;2-1-3/h8H,5-7H2,1-4H3,(H,14,17);. The van der Waals surface area contributed by atoms with Gasteiger partial charge in [-0.15, -0.1) is 11.3 Å². The topological polar surface area (TPSA) is 93.2 Å². The van der Waals surface area contributed by atoms with Gasteiger partial charge < -0.3 is 5.32 Å². The van der Waals surface area contributed by atoms with Crippen molar-refractivity contribution < 1.29 is 19.2 Å². The van der Waals surface area contributed by atoms with Gasteiger partial charge in [0.1, 0.15) is 0 Å². The van der Waals surface area contributed by atoms with Gasteiger partial charge in [-0.05, 0) is 11.8 Å². The summed E-state index contributed by atoms with van der Waals surface area (Å²) >= 11 is 1.31. The number of carbonyl (C=O) groups is 2. The van der Waals surface area contributed by atoms with Crippen molar-refractivity contribution in [3.8, 4) is 0 Å². The maximum absolute atomic E-state index is 11.7. The zero-order chi connectivity index (χ0) is 16.5. The molecule has 0 radical (unpaired) electrons. The Kier molecular flexibility index (Phi) is 8.35. The summed E-state index contributed by atoms with van der Waals surface area (Å²) < 4.78 is 0. The van der Waals surface area contributed by atoms with E-state index in [0.29, 0.717) is 11.4 Å². The molecular weight excluding hydrogens is 292 g/mol. The molecule has 7 heteroatoms. The molecule has 0 spiro atoms. The molecular formula is C14H20N2O4S. The average Bonchev–Trinajstić information content (AvgIpc) is 2.83. The lowest BCUT2D eigenvalue weighted by Crippen LogP contribution is -2.31. The van der Waals surface area contributed by atoms with E-state index in [1.54, 1.807) is 0 Å². The summed E-state index contributed by atoms with van der Waals surface area (Å²) in [5.41, 5.74) is 0.865. The first-order chi connectivity index (χ1) is 9.73. The second kappa shape index (κ2) is 9.15. The van der Waals surface area contributed by atoms with Gasteiger partial charge in [0, 0.05) is 11.8 Å². The molecule has 21 heavy (non-hydrogen) atoms. The number of carbonyl (C=O) groups excluding carboxylic acids is 4. The highest BCUT2D eigenvalue weighted by atomic mass is 32.1. The van der Waals surface area contributed by atoms with Crippen molar-refractivity contribution in [2.45, 2.75) is 40.5 Å². The van der Waals surface area contributed by atoms with Gasteiger partial charge in [-0.2, -0.15) is 9.59 Å². The zero-order valence-corrected chi connectivity index (χ0v) is 13.5. The fourth-order valence-corrected chi connectivity index (χ4v) is 2.30. The predicted molar refractivity (Wildman–Crippen MR) is 77.9 cm³/mol. The molecule has 1 N–H and O–H groups in total. The van der Waals surface area contributed by atoms with Crippen LogP contribution in [-0.2, 0) is 20.8 Å². The van der Waals surface area contributed by atoms with Crippen molar-refractivity contribution in [2.24, 2.45) is 5.41 Å². The Balaban J connectivity index is 0.00000122. The van der Waals surface area contributed by atoms with Gasteiger partial charge in [0.2, 0.25) is 0 Å². The molecule has 0 aromatic carbocycles. The van der Waals surface area contributed by atoms with Gasteiger partial charge in [0.15, 0.2) is 10.8 Å². The van der Waals surface area contributed by atoms with Gasteiger partial charge in [0.25, 0.3) is 5.91 Å². The van der Waals surface area contributed by atoms with Crippen molar-refractivity contribution in [3.05, 3.63) is 16.1 Å². The highest BCUT2D eigenvalue weighted by molar-refractivity contribution is 7.11. The Morgan fingerprint density at radius 2 is 1.90 bits per heavy atom. The van der Waals surface area contributed by atoms with Crippen LogP contribution in [0.4, 0.5) is 0 Å². The molecule has 0 aliphatic carbocycles. The van der Waals surface area contributed by atoms with E-state index < -0.39 is 0 Å². The quantitative estimate of drug-likeness (QED) is 0.895. The van der Waals surface area contributed by atoms with Crippen molar-refractivity contribution >= 4 is 29.2 Å². The summed E-state index contributed by atoms with van der Waals surface area (Å²) in [6, 6.07) is 0. The van der Waals surface area contributed by atoms with Crippen LogP contribution in [0.25, 0.3) is 0 Å². The molecule has 0 fully saturated rings. The molecule has 0 saturated heterocycles. The molecule has 0 aliphatic heterocycles. The number of aryl methyl sites for hydroxylation is 1. The number of hydrogen-bond acceptors (Lipinski definition) is 6. The normalized spacial score (nSPS) is 10.1. The molecule has 0 aliphatic rings. The molecule has 0 unspecified atom stereocenters. The Bertz CT molecular complexity index is 511. The Labute approximate surface area is 128 Å². The zero-order valence-electron chi connectivity index (χ0n) is 12.7. The van der Waals surface area contributed by atoms with Crippen LogP contribution in [0.1, 0.15) is 49.6 Å². The SMILES string of the molecule is CCc1csc(C(=O)NCC(=O)CC(C)(C)C)n1.O=C=O. The lowest BCUT2D eigenvalue weighted by atomic mass is 9.90. The van der Waals surface area contributed by atoms with Crippen LogP contribution in [0, 0.1) is 5.41 Å². The summed E-state index contributed by atoms with van der Waals surface area (Å²) in [5.74, 6) is -0.218. The first kappa shape index (κ1) is 19.1. The monoisotopic (exact) mass is 312 g/mol. The molecule has 0 saturated carbocycles. The highest BCUT2D eigenvalue weighted by Crippen LogP contribution is 2.18. The lowest BCUT2D eigenvalue weighted by molar-refractivity contribution is -0.191. The molecule has 0 bridgehead atoms. The second-order valence-corrected chi connectivity index (χ2v) is 6.40. The minimum absolute atomic E-state index is 0.0433. The molecule has 1 aromatic heterocycles. The molecule has 1 heterocycles. The lowest BCUT2D eigenvalue weighted by Gasteiger charge is -2.16. The fourth-order valence-electron chi connectivity index (χ4n) is 1.48. The van der Waals surface area contributed by atoms with Crippen molar-refractivity contribution in [1.82, 2.24) is 10.3 Å². The molecule has 1 rings (SSSR count). The van der Waals surface area contributed by atoms with Crippen LogP contribution < -0.4 is 5.32 Å². The minimum atomic E-state index is -0.262. The molecule has 116 valence electrons. The van der Waals surface area contributed by atoms with Crippen molar-refractivity contribution in [1.29, 1.82) is 0 Å². The van der Waals surface area contributed by atoms with Crippen LogP contribution in [0.5, 0.6) is 0 Å². The van der Waals surface area contributed by atoms with Crippen LogP contribution in [0.3, 0.4) is 0 Å². The molecule has 1 amide bonds. The largest absolute Gasteiger partial charge is 0.373 e. The Morgan fingerprint density at radius 1 is 1.33 bits per heavy atom. The number of hydrogen-bond donors (Lipinski definition) is 1. The van der Waals surface area contributed by atoms with E-state index in [1.807, 2.05) is 33.1 Å². The number of amides is 1. The summed E-state index contributed by atoms with van der Waals surface area (Å²) in [4.78, 5) is 43.8. The van der Waals surface area contributed by atoms with Gasteiger partial charge in [0.05, 0.1) is 12.2 Å². The number of rotatable bonds is 5. The van der Waals surface area contributed by atoms with Crippen LogP contribution in [-0.4, -0.2) is 29.4 Å². The van der Waals surface area contributed by atoms with E-state index in [9.17, 15) is 9.59 Å². The highest BCUT2D eigenvalue weighted by Gasteiger charge is 2.17. The van der Waals surface area contributed by atoms with Gasteiger partial charge in [-0.3, -0.25) is 9.59 Å². The number of nitrogens with one attached hydrogen (secondary N) is 1. The number of Topliss-reactive ketones (excluding diaryl/α,β-unsaturated/α-hetero) is 1. The maximum atomic E-state index is 11.7. The van der Waals surface area contributed by atoms with Crippen LogP contribution in [0.15, 0.2) is 5.38 Å². The van der Waals surface area contributed by atoms with E-state index in [2.05, 4.69) is 10.3 Å². The third kappa shape index (κ3) is 8.83. The first-order valence-electron chi connectivity index (χ1n) is 6.47. The third-order valence-corrected chi connectivity index (χ3v) is 3.17. The van der Waals surface area contributed by atoms with E-state index in [-0.39, 0.29) is 29.8 Å². The van der Waals surface area contributed by atoms with Crippen LogP contribution in [0.2, 0.25) is 0 Å². The second-order valence-electron chi connectivity index (χ2n) is 5.54. The summed E-state index contributed by atoms with van der Waals surface area (Å²) in [7, 11) is 0.